The fourth-order valence-corrected chi connectivity index (χ4v) is 3.06. The number of halogens is 5. The van der Waals surface area contributed by atoms with Crippen LogP contribution in [0.25, 0.3) is 0 Å². The van der Waals surface area contributed by atoms with E-state index in [9.17, 15) is 22.0 Å². The van der Waals surface area contributed by atoms with Gasteiger partial charge in [0.05, 0.1) is 12.0 Å². The lowest BCUT2D eigenvalue weighted by molar-refractivity contribution is -0.186. The maximum Gasteiger partial charge on any atom is 0.391 e. The maximum absolute atomic E-state index is 13.8. The van der Waals surface area contributed by atoms with Crippen LogP contribution in [0.2, 0.25) is 0 Å². The van der Waals surface area contributed by atoms with E-state index >= 15 is 0 Å². The Kier molecular flexibility index (Phi) is 4.83. The van der Waals surface area contributed by atoms with Crippen LogP contribution in [0.4, 0.5) is 22.0 Å². The molecule has 0 aromatic heterocycles. The van der Waals surface area contributed by atoms with E-state index in [0.29, 0.717) is 18.9 Å². The zero-order valence-electron chi connectivity index (χ0n) is 11.3. The van der Waals surface area contributed by atoms with Crippen LogP contribution in [0.3, 0.4) is 0 Å². The minimum Gasteiger partial charge on any atom is -0.271 e. The molecule has 3 unspecified atom stereocenters. The van der Waals surface area contributed by atoms with Crippen LogP contribution in [0.15, 0.2) is 18.2 Å². The molecule has 1 aliphatic carbocycles. The molecule has 0 amide bonds. The van der Waals surface area contributed by atoms with Gasteiger partial charge in [0.2, 0.25) is 0 Å². The Hall–Kier alpha value is -1.21. The summed E-state index contributed by atoms with van der Waals surface area (Å²) in [7, 11) is 0. The summed E-state index contributed by atoms with van der Waals surface area (Å²) in [6.07, 6.45) is -3.33. The topological polar surface area (TPSA) is 38.0 Å². The molecule has 1 saturated carbocycles. The summed E-state index contributed by atoms with van der Waals surface area (Å²) in [5.41, 5.74) is 2.49. The predicted octanol–water partition coefficient (Wildman–Crippen LogP) is 3.84. The summed E-state index contributed by atoms with van der Waals surface area (Å²) in [5, 5.41) is 0. The van der Waals surface area contributed by atoms with E-state index in [4.69, 9.17) is 5.84 Å². The van der Waals surface area contributed by atoms with E-state index in [1.807, 2.05) is 0 Å². The fraction of sp³-hybridized carbons (Fsp3) is 0.571. The molecule has 7 heteroatoms. The number of rotatable bonds is 3. The molecule has 0 radical (unpaired) electrons. The zero-order chi connectivity index (χ0) is 15.6. The lowest BCUT2D eigenvalue weighted by Gasteiger charge is -2.35. The van der Waals surface area contributed by atoms with Gasteiger partial charge in [-0.15, -0.1) is 0 Å². The molecule has 0 saturated heterocycles. The van der Waals surface area contributed by atoms with Crippen molar-refractivity contribution in [2.24, 2.45) is 17.7 Å². The molecule has 0 bridgehead atoms. The standard InChI is InChI=1S/C14H17F5N2/c15-10-4-5-11(12(16)7-10)13(21-20)8-2-1-3-9(6-8)14(17,18)19/h4-5,7-9,13,21H,1-3,6,20H2. The van der Waals surface area contributed by atoms with Crippen LogP contribution in [0.5, 0.6) is 0 Å². The smallest absolute Gasteiger partial charge is 0.271 e. The van der Waals surface area contributed by atoms with Crippen molar-refractivity contribution in [1.82, 2.24) is 5.43 Å². The van der Waals surface area contributed by atoms with Gasteiger partial charge in [0.15, 0.2) is 0 Å². The van der Waals surface area contributed by atoms with Crippen molar-refractivity contribution in [2.45, 2.75) is 37.9 Å². The largest absolute Gasteiger partial charge is 0.391 e. The fourth-order valence-electron chi connectivity index (χ4n) is 3.06. The van der Waals surface area contributed by atoms with Gasteiger partial charge in [-0.25, -0.2) is 8.78 Å². The number of hydrogen-bond acceptors (Lipinski definition) is 2. The van der Waals surface area contributed by atoms with E-state index in [0.717, 1.165) is 6.07 Å². The Bertz CT molecular complexity index is 489. The normalized spacial score (nSPS) is 24.9. The second-order valence-electron chi connectivity index (χ2n) is 5.48. The van der Waals surface area contributed by atoms with Crippen LogP contribution < -0.4 is 11.3 Å². The summed E-state index contributed by atoms with van der Waals surface area (Å²) in [6.45, 7) is 0. The molecule has 0 aliphatic heterocycles. The minimum absolute atomic E-state index is 0.0865. The Morgan fingerprint density at radius 1 is 1.19 bits per heavy atom. The summed E-state index contributed by atoms with van der Waals surface area (Å²) < 4.78 is 65.3. The van der Waals surface area contributed by atoms with Crippen LogP contribution >= 0.6 is 0 Å². The van der Waals surface area contributed by atoms with E-state index in [-0.39, 0.29) is 18.4 Å². The average Bonchev–Trinajstić information content (AvgIpc) is 2.41. The molecule has 2 nitrogen and oxygen atoms in total. The van der Waals surface area contributed by atoms with Gasteiger partial charge < -0.3 is 0 Å². The molecule has 1 aromatic rings. The quantitative estimate of drug-likeness (QED) is 0.506. The van der Waals surface area contributed by atoms with Gasteiger partial charge in [0, 0.05) is 11.6 Å². The van der Waals surface area contributed by atoms with Gasteiger partial charge in [-0.05, 0) is 31.2 Å². The Morgan fingerprint density at radius 3 is 2.48 bits per heavy atom. The maximum atomic E-state index is 13.8. The Balaban J connectivity index is 2.20. The second-order valence-corrected chi connectivity index (χ2v) is 5.48. The molecular formula is C14H17F5N2. The predicted molar refractivity (Wildman–Crippen MR) is 67.9 cm³/mol. The lowest BCUT2D eigenvalue weighted by atomic mass is 9.76. The molecular weight excluding hydrogens is 291 g/mol. The van der Waals surface area contributed by atoms with Crippen LogP contribution in [-0.4, -0.2) is 6.18 Å². The van der Waals surface area contributed by atoms with E-state index in [2.05, 4.69) is 5.43 Å². The van der Waals surface area contributed by atoms with Gasteiger partial charge in [-0.1, -0.05) is 12.5 Å². The number of hydrazine groups is 1. The third-order valence-corrected chi connectivity index (χ3v) is 4.13. The van der Waals surface area contributed by atoms with Crippen LogP contribution in [0, 0.1) is 23.5 Å². The highest BCUT2D eigenvalue weighted by molar-refractivity contribution is 5.23. The summed E-state index contributed by atoms with van der Waals surface area (Å²) in [5.74, 6) is 2.05. The molecule has 3 N–H and O–H groups in total. The number of nitrogens with two attached hydrogens (primary N) is 1. The lowest BCUT2D eigenvalue weighted by Crippen LogP contribution is -2.38. The molecule has 0 spiro atoms. The van der Waals surface area contributed by atoms with Gasteiger partial charge in [-0.3, -0.25) is 11.3 Å². The number of hydrogen-bond donors (Lipinski definition) is 2. The van der Waals surface area contributed by atoms with Crippen molar-refractivity contribution in [3.8, 4) is 0 Å². The third kappa shape index (κ3) is 3.71. The van der Waals surface area contributed by atoms with Gasteiger partial charge >= 0.3 is 6.18 Å². The molecule has 21 heavy (non-hydrogen) atoms. The van der Waals surface area contributed by atoms with Crippen molar-refractivity contribution in [2.75, 3.05) is 0 Å². The SMILES string of the molecule is NNC(c1ccc(F)cc1F)C1CCCC(C(F)(F)F)C1. The monoisotopic (exact) mass is 308 g/mol. The van der Waals surface area contributed by atoms with Crippen molar-refractivity contribution in [3.05, 3.63) is 35.4 Å². The molecule has 1 fully saturated rings. The van der Waals surface area contributed by atoms with E-state index < -0.39 is 35.7 Å². The van der Waals surface area contributed by atoms with Crippen LogP contribution in [-0.2, 0) is 0 Å². The first kappa shape index (κ1) is 16.2. The third-order valence-electron chi connectivity index (χ3n) is 4.13. The van der Waals surface area contributed by atoms with Crippen molar-refractivity contribution in [3.63, 3.8) is 0 Å². The first-order chi connectivity index (χ1) is 9.82. The first-order valence-corrected chi connectivity index (χ1v) is 6.80. The van der Waals surface area contributed by atoms with Crippen molar-refractivity contribution >= 4 is 0 Å². The van der Waals surface area contributed by atoms with E-state index in [1.165, 1.54) is 6.07 Å². The second kappa shape index (κ2) is 6.27. The number of nitrogens with one attached hydrogen (secondary N) is 1. The van der Waals surface area contributed by atoms with Gasteiger partial charge in [-0.2, -0.15) is 13.2 Å². The van der Waals surface area contributed by atoms with Crippen molar-refractivity contribution in [1.29, 1.82) is 0 Å². The molecule has 2 rings (SSSR count). The van der Waals surface area contributed by atoms with Crippen LogP contribution in [0.1, 0.15) is 37.3 Å². The highest BCUT2D eigenvalue weighted by Gasteiger charge is 2.43. The molecule has 0 heterocycles. The highest BCUT2D eigenvalue weighted by Crippen LogP contribution is 2.44. The summed E-state index contributed by atoms with van der Waals surface area (Å²) >= 11 is 0. The molecule has 1 aliphatic rings. The zero-order valence-corrected chi connectivity index (χ0v) is 11.3. The first-order valence-electron chi connectivity index (χ1n) is 6.80. The number of alkyl halides is 3. The molecule has 118 valence electrons. The van der Waals surface area contributed by atoms with Gasteiger partial charge in [0.25, 0.3) is 0 Å². The average molecular weight is 308 g/mol. The molecule has 1 aromatic carbocycles. The Morgan fingerprint density at radius 2 is 1.90 bits per heavy atom. The summed E-state index contributed by atoms with van der Waals surface area (Å²) in [4.78, 5) is 0. The number of benzene rings is 1. The summed E-state index contributed by atoms with van der Waals surface area (Å²) in [6, 6.07) is 2.26. The van der Waals surface area contributed by atoms with Gasteiger partial charge in [0.1, 0.15) is 11.6 Å². The Labute approximate surface area is 119 Å². The highest BCUT2D eigenvalue weighted by atomic mass is 19.4. The molecule has 3 atom stereocenters. The minimum atomic E-state index is -4.25. The van der Waals surface area contributed by atoms with E-state index in [1.54, 1.807) is 0 Å². The van der Waals surface area contributed by atoms with Crippen molar-refractivity contribution < 1.29 is 22.0 Å².